The lowest BCUT2D eigenvalue weighted by atomic mass is 10.3. The number of anilines is 2. The molecule has 2 aromatic rings. The molecule has 1 heterocycles. The second-order valence-electron chi connectivity index (χ2n) is 4.61. The lowest BCUT2D eigenvalue weighted by Crippen LogP contribution is -2.23. The third kappa shape index (κ3) is 8.90. The Morgan fingerprint density at radius 1 is 0.957 bits per heavy atom. The molecule has 124 valence electrons. The zero-order chi connectivity index (χ0) is 16.8. The molecule has 23 heavy (non-hydrogen) atoms. The highest BCUT2D eigenvalue weighted by molar-refractivity contribution is 7.99. The monoisotopic (exact) mass is 331 g/mol. The van der Waals surface area contributed by atoms with Crippen molar-refractivity contribution in [2.45, 2.75) is 6.42 Å². The van der Waals surface area contributed by atoms with E-state index >= 15 is 0 Å². The summed E-state index contributed by atoms with van der Waals surface area (Å²) in [6.45, 7) is 0.867. The fourth-order valence-electron chi connectivity index (χ4n) is 1.83. The van der Waals surface area contributed by atoms with E-state index in [1.54, 1.807) is 11.8 Å². The Balaban J connectivity index is 0.000000228. The van der Waals surface area contributed by atoms with E-state index in [1.165, 1.54) is 7.05 Å². The number of rotatable bonds is 2. The van der Waals surface area contributed by atoms with Crippen LogP contribution in [0.2, 0.25) is 0 Å². The van der Waals surface area contributed by atoms with Gasteiger partial charge < -0.3 is 16.4 Å². The fourth-order valence-corrected chi connectivity index (χ4v) is 2.61. The molecule has 3 rings (SSSR count). The van der Waals surface area contributed by atoms with E-state index in [0.717, 1.165) is 30.1 Å². The summed E-state index contributed by atoms with van der Waals surface area (Å²) in [5, 5.41) is 6.09. The number of amides is 1. The van der Waals surface area contributed by atoms with Gasteiger partial charge in [0.15, 0.2) is 0 Å². The molecule has 0 unspecified atom stereocenters. The van der Waals surface area contributed by atoms with Crippen LogP contribution in [0.5, 0.6) is 0 Å². The van der Waals surface area contributed by atoms with Crippen molar-refractivity contribution in [1.29, 1.82) is 0 Å². The average molecular weight is 331 g/mol. The lowest BCUT2D eigenvalue weighted by Gasteiger charge is -2.04. The van der Waals surface area contributed by atoms with Crippen LogP contribution in [-0.4, -0.2) is 31.0 Å². The second kappa shape index (κ2) is 12.6. The molecule has 0 bridgehead atoms. The Hall–Kier alpha value is -1.98. The van der Waals surface area contributed by atoms with Crippen LogP contribution in [0.3, 0.4) is 0 Å². The molecule has 4 nitrogen and oxygen atoms in total. The summed E-state index contributed by atoms with van der Waals surface area (Å²) >= 11 is 1.71. The first kappa shape index (κ1) is 19.1. The largest absolute Gasteiger partial charge is 0.356 e. The van der Waals surface area contributed by atoms with E-state index in [4.69, 9.17) is 0 Å². The zero-order valence-electron chi connectivity index (χ0n) is 13.5. The smallest absolute Gasteiger partial charge is 0.229 e. The summed E-state index contributed by atoms with van der Waals surface area (Å²) in [7, 11) is 1.50. The van der Waals surface area contributed by atoms with Crippen LogP contribution in [0.1, 0.15) is 6.42 Å². The second-order valence-corrected chi connectivity index (χ2v) is 5.72. The summed E-state index contributed by atoms with van der Waals surface area (Å²) in [4.78, 5) is 10.6. The number of thioether (sulfide) groups is 1. The SMILES string of the molecule is CN.O=C1CSCCCN1.c1ccc(Nc2ccccc2)cc1. The van der Waals surface area contributed by atoms with Gasteiger partial charge in [-0.2, -0.15) is 11.8 Å². The molecule has 0 aliphatic carbocycles. The van der Waals surface area contributed by atoms with Crippen LogP contribution in [0.25, 0.3) is 0 Å². The minimum absolute atomic E-state index is 0.188. The highest BCUT2D eigenvalue weighted by Crippen LogP contribution is 2.14. The number of hydrogen-bond donors (Lipinski definition) is 3. The Kier molecular flexibility index (Phi) is 10.4. The van der Waals surface area contributed by atoms with Gasteiger partial charge in [0.05, 0.1) is 5.75 Å². The number of nitrogens with one attached hydrogen (secondary N) is 2. The van der Waals surface area contributed by atoms with Gasteiger partial charge in [-0.05, 0) is 43.5 Å². The predicted molar refractivity (Wildman–Crippen MR) is 101 cm³/mol. The van der Waals surface area contributed by atoms with E-state index in [2.05, 4.69) is 16.4 Å². The van der Waals surface area contributed by atoms with Crippen molar-refractivity contribution >= 4 is 29.0 Å². The van der Waals surface area contributed by atoms with Crippen molar-refractivity contribution in [3.63, 3.8) is 0 Å². The van der Waals surface area contributed by atoms with Crippen molar-refractivity contribution in [1.82, 2.24) is 5.32 Å². The molecule has 1 amide bonds. The quantitative estimate of drug-likeness (QED) is 0.790. The van der Waals surface area contributed by atoms with Crippen molar-refractivity contribution in [3.8, 4) is 0 Å². The third-order valence-corrected chi connectivity index (χ3v) is 3.90. The van der Waals surface area contributed by atoms with E-state index in [1.807, 2.05) is 60.7 Å². The van der Waals surface area contributed by atoms with Crippen LogP contribution in [0, 0.1) is 0 Å². The molecule has 0 atom stereocenters. The van der Waals surface area contributed by atoms with E-state index in [0.29, 0.717) is 5.75 Å². The first-order valence-electron chi connectivity index (χ1n) is 7.64. The standard InChI is InChI=1S/C12H11N.C5H9NOS.CH5N/c1-3-7-11(8-4-1)13-12-9-5-2-6-10-12;7-5-4-8-3-1-2-6-5;1-2/h1-10,13H;1-4H2,(H,6,7);2H2,1H3. The maximum atomic E-state index is 10.6. The van der Waals surface area contributed by atoms with Crippen LogP contribution in [0.15, 0.2) is 60.7 Å². The number of nitrogens with two attached hydrogens (primary N) is 1. The maximum absolute atomic E-state index is 10.6. The lowest BCUT2D eigenvalue weighted by molar-refractivity contribution is -0.118. The Morgan fingerprint density at radius 2 is 1.48 bits per heavy atom. The summed E-state index contributed by atoms with van der Waals surface area (Å²) < 4.78 is 0. The minimum Gasteiger partial charge on any atom is -0.356 e. The zero-order valence-corrected chi connectivity index (χ0v) is 14.3. The molecule has 0 spiro atoms. The molecule has 0 radical (unpaired) electrons. The van der Waals surface area contributed by atoms with E-state index < -0.39 is 0 Å². The average Bonchev–Trinajstić information content (AvgIpc) is 2.87. The predicted octanol–water partition coefficient (Wildman–Crippen LogP) is 3.24. The molecular formula is C18H25N3OS. The Labute approximate surface area is 142 Å². The van der Waals surface area contributed by atoms with Crippen LogP contribution in [-0.2, 0) is 4.79 Å². The Morgan fingerprint density at radius 3 is 2.00 bits per heavy atom. The van der Waals surface area contributed by atoms with Crippen LogP contribution in [0.4, 0.5) is 11.4 Å². The molecule has 1 aliphatic rings. The molecule has 1 aliphatic heterocycles. The molecule has 2 aromatic carbocycles. The first-order valence-corrected chi connectivity index (χ1v) is 8.79. The van der Waals surface area contributed by atoms with Gasteiger partial charge in [0.1, 0.15) is 0 Å². The third-order valence-electron chi connectivity index (χ3n) is 2.86. The van der Waals surface area contributed by atoms with Gasteiger partial charge in [0.2, 0.25) is 5.91 Å². The molecule has 1 saturated heterocycles. The van der Waals surface area contributed by atoms with Gasteiger partial charge in [-0.15, -0.1) is 0 Å². The Bertz CT molecular complexity index is 487. The molecule has 0 saturated carbocycles. The van der Waals surface area contributed by atoms with Gasteiger partial charge in [-0.1, -0.05) is 36.4 Å². The van der Waals surface area contributed by atoms with Gasteiger partial charge in [-0.3, -0.25) is 4.79 Å². The molecule has 4 N–H and O–H groups in total. The van der Waals surface area contributed by atoms with Gasteiger partial charge >= 0.3 is 0 Å². The first-order chi connectivity index (χ1) is 11.3. The topological polar surface area (TPSA) is 67.2 Å². The van der Waals surface area contributed by atoms with Crippen LogP contribution >= 0.6 is 11.8 Å². The normalized spacial score (nSPS) is 13.2. The number of carbonyl (C=O) groups is 1. The summed E-state index contributed by atoms with van der Waals surface area (Å²) in [5.74, 6) is 1.96. The van der Waals surface area contributed by atoms with Crippen molar-refractivity contribution in [3.05, 3.63) is 60.7 Å². The van der Waals surface area contributed by atoms with E-state index in [-0.39, 0.29) is 5.91 Å². The minimum atomic E-state index is 0.188. The van der Waals surface area contributed by atoms with Gasteiger partial charge in [-0.25, -0.2) is 0 Å². The van der Waals surface area contributed by atoms with E-state index in [9.17, 15) is 4.79 Å². The highest BCUT2D eigenvalue weighted by atomic mass is 32.2. The fraction of sp³-hybridized carbons (Fsp3) is 0.278. The van der Waals surface area contributed by atoms with Crippen molar-refractivity contribution in [2.75, 3.05) is 30.4 Å². The molecular weight excluding hydrogens is 306 g/mol. The van der Waals surface area contributed by atoms with Crippen LogP contribution < -0.4 is 16.4 Å². The summed E-state index contributed by atoms with van der Waals surface area (Å²) in [6, 6.07) is 20.3. The van der Waals surface area contributed by atoms with Crippen molar-refractivity contribution < 1.29 is 4.79 Å². The molecule has 0 aromatic heterocycles. The maximum Gasteiger partial charge on any atom is 0.229 e. The summed E-state index contributed by atoms with van der Waals surface area (Å²) in [6.07, 6.45) is 1.12. The highest BCUT2D eigenvalue weighted by Gasteiger charge is 2.03. The number of carbonyl (C=O) groups excluding carboxylic acids is 1. The molecule has 5 heteroatoms. The van der Waals surface area contributed by atoms with Gasteiger partial charge in [0, 0.05) is 17.9 Å². The molecule has 1 fully saturated rings. The number of para-hydroxylation sites is 2. The van der Waals surface area contributed by atoms with Crippen molar-refractivity contribution in [2.24, 2.45) is 5.73 Å². The number of benzene rings is 2. The number of hydrogen-bond acceptors (Lipinski definition) is 4. The summed E-state index contributed by atoms with van der Waals surface area (Å²) in [5.41, 5.74) is 6.74. The van der Waals surface area contributed by atoms with Gasteiger partial charge in [0.25, 0.3) is 0 Å².